The van der Waals surface area contributed by atoms with Crippen LogP contribution in [0.1, 0.15) is 6.42 Å². The highest BCUT2D eigenvalue weighted by atomic mass is 32.3. The van der Waals surface area contributed by atoms with Crippen LogP contribution in [-0.4, -0.2) is 41.8 Å². The van der Waals surface area contributed by atoms with Crippen LogP contribution in [0, 0.1) is 0 Å². The van der Waals surface area contributed by atoms with E-state index < -0.39 is 21.3 Å². The lowest BCUT2D eigenvalue weighted by Gasteiger charge is -2.17. The Balaban J connectivity index is 0.000000249. The third-order valence-corrected chi connectivity index (χ3v) is 2.23. The first-order valence-electron chi connectivity index (χ1n) is 4.61. The molecule has 8 nitrogen and oxygen atoms in total. The first-order chi connectivity index (χ1) is 7.68. The van der Waals surface area contributed by atoms with Gasteiger partial charge in [0.1, 0.15) is 0 Å². The van der Waals surface area contributed by atoms with E-state index in [-0.39, 0.29) is 6.10 Å². The fourth-order valence-electron chi connectivity index (χ4n) is 1.50. The SMILES string of the molecule is O=S(=O)(O)O.O=c1cc(N2CCC(O)C2)c1=O. The predicted octanol–water partition coefficient (Wildman–Crippen LogP) is -1.80. The van der Waals surface area contributed by atoms with Gasteiger partial charge in [-0.1, -0.05) is 0 Å². The van der Waals surface area contributed by atoms with E-state index in [1.54, 1.807) is 4.90 Å². The summed E-state index contributed by atoms with van der Waals surface area (Å²) in [5.74, 6) is 0. The lowest BCUT2D eigenvalue weighted by atomic mass is 10.2. The zero-order valence-corrected chi connectivity index (χ0v) is 9.42. The zero-order valence-electron chi connectivity index (χ0n) is 8.61. The average Bonchev–Trinajstić information content (AvgIpc) is 2.57. The van der Waals surface area contributed by atoms with Crippen molar-refractivity contribution in [3.8, 4) is 0 Å². The van der Waals surface area contributed by atoms with Crippen LogP contribution >= 0.6 is 0 Å². The number of aliphatic hydroxyl groups is 1. The van der Waals surface area contributed by atoms with Crippen molar-refractivity contribution in [2.24, 2.45) is 0 Å². The molecule has 1 saturated heterocycles. The van der Waals surface area contributed by atoms with E-state index in [4.69, 9.17) is 22.6 Å². The van der Waals surface area contributed by atoms with Gasteiger partial charge >= 0.3 is 10.4 Å². The third-order valence-electron chi connectivity index (χ3n) is 2.23. The molecule has 96 valence electrons. The maximum atomic E-state index is 10.9. The molecule has 0 amide bonds. The molecule has 1 aliphatic heterocycles. The second-order valence-electron chi connectivity index (χ2n) is 3.56. The van der Waals surface area contributed by atoms with Crippen molar-refractivity contribution in [2.45, 2.75) is 12.5 Å². The van der Waals surface area contributed by atoms with Gasteiger partial charge in [0, 0.05) is 19.2 Å². The van der Waals surface area contributed by atoms with E-state index in [2.05, 4.69) is 0 Å². The Morgan fingerprint density at radius 2 is 1.82 bits per heavy atom. The van der Waals surface area contributed by atoms with Crippen molar-refractivity contribution in [3.63, 3.8) is 0 Å². The molecule has 2 rings (SSSR count). The summed E-state index contributed by atoms with van der Waals surface area (Å²) >= 11 is 0. The molecule has 1 unspecified atom stereocenters. The third kappa shape index (κ3) is 4.23. The minimum atomic E-state index is -4.67. The largest absolute Gasteiger partial charge is 0.394 e. The zero-order chi connectivity index (χ0) is 13.2. The Morgan fingerprint density at radius 1 is 1.29 bits per heavy atom. The number of anilines is 1. The highest BCUT2D eigenvalue weighted by molar-refractivity contribution is 7.79. The summed E-state index contributed by atoms with van der Waals surface area (Å²) in [5.41, 5.74) is -0.368. The molecule has 1 aliphatic rings. The van der Waals surface area contributed by atoms with Crippen LogP contribution in [0.15, 0.2) is 15.7 Å². The van der Waals surface area contributed by atoms with E-state index in [0.717, 1.165) is 0 Å². The Bertz CT molecular complexity index is 548. The number of aliphatic hydroxyl groups excluding tert-OH is 1. The smallest absolute Gasteiger partial charge is 0.391 e. The molecule has 0 radical (unpaired) electrons. The van der Waals surface area contributed by atoms with Gasteiger partial charge in [0.2, 0.25) is 10.9 Å². The summed E-state index contributed by atoms with van der Waals surface area (Å²) in [4.78, 5) is 23.2. The van der Waals surface area contributed by atoms with Crippen molar-refractivity contribution in [3.05, 3.63) is 26.5 Å². The van der Waals surface area contributed by atoms with Crippen LogP contribution in [0.5, 0.6) is 0 Å². The van der Waals surface area contributed by atoms with Crippen LogP contribution in [0.4, 0.5) is 5.69 Å². The van der Waals surface area contributed by atoms with Crippen LogP contribution in [0.3, 0.4) is 0 Å². The van der Waals surface area contributed by atoms with E-state index in [1.165, 1.54) is 6.07 Å². The molecule has 0 spiro atoms. The molecular weight excluding hydrogens is 254 g/mol. The highest BCUT2D eigenvalue weighted by Gasteiger charge is 2.24. The Morgan fingerprint density at radius 3 is 2.12 bits per heavy atom. The van der Waals surface area contributed by atoms with E-state index in [9.17, 15) is 9.59 Å². The second kappa shape index (κ2) is 4.92. The quantitative estimate of drug-likeness (QED) is 0.400. The normalized spacial score (nSPS) is 20.2. The van der Waals surface area contributed by atoms with Gasteiger partial charge in [0.15, 0.2) is 0 Å². The van der Waals surface area contributed by atoms with Crippen molar-refractivity contribution in [1.82, 2.24) is 0 Å². The molecule has 0 bridgehead atoms. The van der Waals surface area contributed by atoms with E-state index in [1.807, 2.05) is 0 Å². The van der Waals surface area contributed by atoms with Crippen LogP contribution in [0.2, 0.25) is 0 Å². The van der Waals surface area contributed by atoms with Gasteiger partial charge in [0.05, 0.1) is 11.8 Å². The monoisotopic (exact) mass is 265 g/mol. The molecule has 1 fully saturated rings. The molecule has 17 heavy (non-hydrogen) atoms. The molecular formula is C8H11NO7S. The van der Waals surface area contributed by atoms with Crippen molar-refractivity contribution in [1.29, 1.82) is 0 Å². The number of hydrogen-bond donors (Lipinski definition) is 3. The lowest BCUT2D eigenvalue weighted by Crippen LogP contribution is -2.38. The summed E-state index contributed by atoms with van der Waals surface area (Å²) in [6, 6.07) is 1.33. The van der Waals surface area contributed by atoms with Crippen molar-refractivity contribution in [2.75, 3.05) is 18.0 Å². The van der Waals surface area contributed by atoms with Crippen LogP contribution in [-0.2, 0) is 10.4 Å². The van der Waals surface area contributed by atoms with Crippen LogP contribution in [0.25, 0.3) is 0 Å². The minimum absolute atomic E-state index is 0.352. The van der Waals surface area contributed by atoms with Gasteiger partial charge in [-0.25, -0.2) is 0 Å². The summed E-state index contributed by atoms with van der Waals surface area (Å²) < 4.78 is 31.6. The molecule has 0 aliphatic carbocycles. The standard InChI is InChI=1S/C8H9NO3.H2O4S/c10-5-1-2-9(4-5)6-3-7(11)8(6)12;1-5(2,3)4/h3,5,10H,1-2,4H2;(H2,1,2,3,4). The molecule has 0 saturated carbocycles. The first-order valence-corrected chi connectivity index (χ1v) is 6.01. The van der Waals surface area contributed by atoms with E-state index in [0.29, 0.717) is 25.2 Å². The maximum Gasteiger partial charge on any atom is 0.394 e. The highest BCUT2D eigenvalue weighted by Crippen LogP contribution is 2.15. The maximum absolute atomic E-state index is 10.9. The van der Waals surface area contributed by atoms with Gasteiger partial charge in [-0.2, -0.15) is 8.42 Å². The number of β-amino-alcohol motifs (C(OH)–C–C–N with tert-alkyl or cyclic N) is 1. The van der Waals surface area contributed by atoms with Gasteiger partial charge in [0.25, 0.3) is 0 Å². The molecule has 1 aromatic rings. The summed E-state index contributed by atoms with van der Waals surface area (Å²) in [6.45, 7) is 1.15. The predicted molar refractivity (Wildman–Crippen MR) is 58.4 cm³/mol. The van der Waals surface area contributed by atoms with Gasteiger partial charge in [-0.05, 0) is 6.42 Å². The Labute approximate surface area is 96.4 Å². The van der Waals surface area contributed by atoms with Crippen LogP contribution < -0.4 is 15.8 Å². The fourth-order valence-corrected chi connectivity index (χ4v) is 1.50. The first kappa shape index (κ1) is 13.8. The molecule has 3 N–H and O–H groups in total. The minimum Gasteiger partial charge on any atom is -0.391 e. The van der Waals surface area contributed by atoms with E-state index >= 15 is 0 Å². The number of hydrogen-bond acceptors (Lipinski definition) is 6. The molecule has 1 heterocycles. The van der Waals surface area contributed by atoms with Gasteiger partial charge < -0.3 is 10.0 Å². The Hall–Kier alpha value is -1.29. The molecule has 1 aromatic carbocycles. The molecule has 9 heteroatoms. The number of rotatable bonds is 1. The number of nitrogens with zero attached hydrogens (tertiary/aromatic N) is 1. The topological polar surface area (TPSA) is 132 Å². The molecule has 1 atom stereocenters. The Kier molecular flexibility index (Phi) is 3.98. The van der Waals surface area contributed by atoms with Crippen molar-refractivity contribution >= 4 is 16.1 Å². The average molecular weight is 265 g/mol. The lowest BCUT2D eigenvalue weighted by molar-refractivity contribution is 0.198. The van der Waals surface area contributed by atoms with Gasteiger partial charge in [-0.15, -0.1) is 0 Å². The fraction of sp³-hybridized carbons (Fsp3) is 0.500. The van der Waals surface area contributed by atoms with Gasteiger partial charge in [-0.3, -0.25) is 18.7 Å². The summed E-state index contributed by atoms with van der Waals surface area (Å²) in [7, 11) is -4.67. The summed E-state index contributed by atoms with van der Waals surface area (Å²) in [5, 5.41) is 9.16. The summed E-state index contributed by atoms with van der Waals surface area (Å²) in [6.07, 6.45) is 0.327. The van der Waals surface area contributed by atoms with Crippen molar-refractivity contribution < 1.29 is 22.6 Å². The second-order valence-corrected chi connectivity index (χ2v) is 4.45. The molecule has 0 aromatic heterocycles.